The average molecular weight is 290 g/mol. The van der Waals surface area contributed by atoms with Crippen molar-refractivity contribution in [3.63, 3.8) is 0 Å². The van der Waals surface area contributed by atoms with Gasteiger partial charge in [0, 0.05) is 24.2 Å². The van der Waals surface area contributed by atoms with Crippen molar-refractivity contribution in [2.24, 2.45) is 5.41 Å². The molecule has 3 heteroatoms. The van der Waals surface area contributed by atoms with E-state index < -0.39 is 0 Å². The molecule has 0 N–H and O–H groups in total. The largest absolute Gasteiger partial charge is 0.316 e. The van der Waals surface area contributed by atoms with Crippen LogP contribution in [0.4, 0.5) is 0 Å². The Hall–Kier alpha value is -1.28. The molecule has 1 aliphatic carbocycles. The molecule has 0 fully saturated rings. The maximum Gasteiger partial charge on any atom is 0.223 e. The van der Waals surface area contributed by atoms with Gasteiger partial charge in [0.1, 0.15) is 0 Å². The molecule has 20 heavy (non-hydrogen) atoms. The monoisotopic (exact) mass is 289 g/mol. The number of fused-ring (bicyclic) bond motifs is 2. The van der Waals surface area contributed by atoms with Gasteiger partial charge < -0.3 is 4.90 Å². The summed E-state index contributed by atoms with van der Waals surface area (Å²) in [6.07, 6.45) is 2.91. The van der Waals surface area contributed by atoms with Gasteiger partial charge in [0.2, 0.25) is 5.91 Å². The predicted molar refractivity (Wildman–Crippen MR) is 82.5 cm³/mol. The molecule has 2 aliphatic rings. The number of hydrogen-bond donors (Lipinski definition) is 0. The van der Waals surface area contributed by atoms with Crippen molar-refractivity contribution >= 4 is 23.1 Å². The summed E-state index contributed by atoms with van der Waals surface area (Å²) >= 11 is 6.12. The highest BCUT2D eigenvalue weighted by atomic mass is 35.5. The molecule has 2 nitrogen and oxygen atoms in total. The zero-order valence-electron chi connectivity index (χ0n) is 12.3. The first-order valence-electron chi connectivity index (χ1n) is 7.21. The molecule has 0 spiro atoms. The van der Waals surface area contributed by atoms with E-state index in [1.165, 1.54) is 22.4 Å². The van der Waals surface area contributed by atoms with Crippen LogP contribution in [-0.4, -0.2) is 17.4 Å². The van der Waals surface area contributed by atoms with Crippen LogP contribution in [-0.2, 0) is 11.2 Å². The van der Waals surface area contributed by atoms with Crippen molar-refractivity contribution in [3.8, 4) is 0 Å². The van der Waals surface area contributed by atoms with E-state index in [-0.39, 0.29) is 11.3 Å². The van der Waals surface area contributed by atoms with Crippen LogP contribution in [0.3, 0.4) is 0 Å². The van der Waals surface area contributed by atoms with Gasteiger partial charge in [-0.2, -0.15) is 0 Å². The molecule has 1 amide bonds. The van der Waals surface area contributed by atoms with Crippen molar-refractivity contribution in [2.45, 2.75) is 40.0 Å². The molecule has 0 bridgehead atoms. The Balaban J connectivity index is 2.21. The summed E-state index contributed by atoms with van der Waals surface area (Å²) in [6.45, 7) is 7.07. The first kappa shape index (κ1) is 13.7. The number of benzene rings is 1. The summed E-state index contributed by atoms with van der Waals surface area (Å²) in [7, 11) is 0. The first-order valence-corrected chi connectivity index (χ1v) is 7.58. The van der Waals surface area contributed by atoms with E-state index in [0.717, 1.165) is 30.8 Å². The second-order valence-electron chi connectivity index (χ2n) is 6.43. The Labute approximate surface area is 125 Å². The molecule has 1 aliphatic heterocycles. The van der Waals surface area contributed by atoms with Gasteiger partial charge in [-0.1, -0.05) is 31.5 Å². The maximum absolute atomic E-state index is 11.9. The van der Waals surface area contributed by atoms with Gasteiger partial charge in [0.25, 0.3) is 0 Å². The molecular formula is C17H20ClNO. The second-order valence-corrected chi connectivity index (χ2v) is 6.86. The lowest BCUT2D eigenvalue weighted by atomic mass is 9.70. The third-order valence-electron chi connectivity index (χ3n) is 4.60. The molecule has 0 atom stereocenters. The molecule has 1 heterocycles. The van der Waals surface area contributed by atoms with Crippen LogP contribution in [0.15, 0.2) is 23.9 Å². The fourth-order valence-electron chi connectivity index (χ4n) is 3.57. The molecule has 0 saturated carbocycles. The van der Waals surface area contributed by atoms with E-state index >= 15 is 0 Å². The molecular weight excluding hydrogens is 270 g/mol. The lowest BCUT2D eigenvalue weighted by Crippen LogP contribution is -2.40. The van der Waals surface area contributed by atoms with Crippen LogP contribution in [0, 0.1) is 5.41 Å². The number of amides is 1. The molecule has 0 saturated heterocycles. The number of nitrogens with zero attached hydrogens (tertiary/aromatic N) is 1. The minimum absolute atomic E-state index is 0.115. The Bertz CT molecular complexity index is 615. The van der Waals surface area contributed by atoms with Crippen LogP contribution in [0.5, 0.6) is 0 Å². The Kier molecular flexibility index (Phi) is 3.17. The van der Waals surface area contributed by atoms with E-state index in [4.69, 9.17) is 11.6 Å². The van der Waals surface area contributed by atoms with Gasteiger partial charge in [-0.15, -0.1) is 0 Å². The lowest BCUT2D eigenvalue weighted by Gasteiger charge is -2.44. The van der Waals surface area contributed by atoms with Gasteiger partial charge in [0.15, 0.2) is 0 Å². The van der Waals surface area contributed by atoms with Crippen molar-refractivity contribution in [3.05, 3.63) is 40.0 Å². The summed E-state index contributed by atoms with van der Waals surface area (Å²) in [5.41, 5.74) is 5.28. The van der Waals surface area contributed by atoms with Crippen LogP contribution in [0.1, 0.15) is 44.7 Å². The number of hydrogen-bond acceptors (Lipinski definition) is 1. The SMILES string of the molecule is CC(=O)N1CCC(C)(C)C2=C1CCc1cc(Cl)ccc12. The summed E-state index contributed by atoms with van der Waals surface area (Å²) < 4.78 is 0. The Morgan fingerprint density at radius 1 is 1.30 bits per heavy atom. The normalized spacial score (nSPS) is 20.5. The maximum atomic E-state index is 11.9. The summed E-state index contributed by atoms with van der Waals surface area (Å²) in [5, 5.41) is 0.796. The number of rotatable bonds is 0. The van der Waals surface area contributed by atoms with Gasteiger partial charge in [0.05, 0.1) is 0 Å². The molecule has 106 valence electrons. The van der Waals surface area contributed by atoms with Crippen LogP contribution < -0.4 is 0 Å². The smallest absolute Gasteiger partial charge is 0.223 e. The minimum atomic E-state index is 0.115. The zero-order valence-corrected chi connectivity index (χ0v) is 13.0. The highest BCUT2D eigenvalue weighted by molar-refractivity contribution is 6.30. The third kappa shape index (κ3) is 2.07. The van der Waals surface area contributed by atoms with Gasteiger partial charge >= 0.3 is 0 Å². The van der Waals surface area contributed by atoms with Crippen LogP contribution in [0.25, 0.3) is 5.57 Å². The fraction of sp³-hybridized carbons (Fsp3) is 0.471. The standard InChI is InChI=1S/C17H20ClNO/c1-11(20)19-9-8-17(2,3)16-14-6-5-13(18)10-12(14)4-7-15(16)19/h5-6,10H,4,7-9H2,1-3H3. The third-order valence-corrected chi connectivity index (χ3v) is 4.83. The number of halogens is 1. The number of carbonyl (C=O) groups is 1. The van der Waals surface area contributed by atoms with Crippen molar-refractivity contribution in [2.75, 3.05) is 6.54 Å². The highest BCUT2D eigenvalue weighted by Gasteiger charge is 2.38. The summed E-state index contributed by atoms with van der Waals surface area (Å²) in [6, 6.07) is 6.15. The predicted octanol–water partition coefficient (Wildman–Crippen LogP) is 4.28. The average Bonchev–Trinajstić information content (AvgIpc) is 2.37. The van der Waals surface area contributed by atoms with E-state index in [1.54, 1.807) is 6.92 Å². The van der Waals surface area contributed by atoms with Gasteiger partial charge in [-0.05, 0) is 53.5 Å². The van der Waals surface area contributed by atoms with E-state index in [2.05, 4.69) is 26.0 Å². The van der Waals surface area contributed by atoms with E-state index in [0.29, 0.717) is 0 Å². The zero-order chi connectivity index (χ0) is 14.5. The number of allylic oxidation sites excluding steroid dienone is 2. The molecule has 0 radical (unpaired) electrons. The molecule has 1 aromatic rings. The second kappa shape index (κ2) is 4.63. The first-order chi connectivity index (χ1) is 9.40. The molecule has 1 aromatic carbocycles. The minimum Gasteiger partial charge on any atom is -0.316 e. The van der Waals surface area contributed by atoms with Crippen LogP contribution in [0.2, 0.25) is 5.02 Å². The quantitative estimate of drug-likeness (QED) is 0.698. The van der Waals surface area contributed by atoms with Crippen molar-refractivity contribution in [1.82, 2.24) is 4.90 Å². The van der Waals surface area contributed by atoms with E-state index in [9.17, 15) is 4.79 Å². The molecule has 0 aromatic heterocycles. The topological polar surface area (TPSA) is 20.3 Å². The molecule has 0 unspecified atom stereocenters. The van der Waals surface area contributed by atoms with Gasteiger partial charge in [-0.25, -0.2) is 0 Å². The van der Waals surface area contributed by atoms with Crippen molar-refractivity contribution < 1.29 is 4.79 Å². The number of aryl methyl sites for hydroxylation is 1. The van der Waals surface area contributed by atoms with Crippen LogP contribution >= 0.6 is 11.6 Å². The molecule has 3 rings (SSSR count). The fourth-order valence-corrected chi connectivity index (χ4v) is 3.77. The summed E-state index contributed by atoms with van der Waals surface area (Å²) in [5.74, 6) is 0.158. The van der Waals surface area contributed by atoms with Crippen molar-refractivity contribution in [1.29, 1.82) is 0 Å². The summed E-state index contributed by atoms with van der Waals surface area (Å²) in [4.78, 5) is 13.9. The van der Waals surface area contributed by atoms with E-state index in [1.807, 2.05) is 11.0 Å². The Morgan fingerprint density at radius 2 is 2.05 bits per heavy atom. The highest BCUT2D eigenvalue weighted by Crippen LogP contribution is 2.49. The Morgan fingerprint density at radius 3 is 2.75 bits per heavy atom. The number of carbonyl (C=O) groups excluding carboxylic acids is 1. The van der Waals surface area contributed by atoms with Gasteiger partial charge in [-0.3, -0.25) is 4.79 Å². The lowest BCUT2D eigenvalue weighted by molar-refractivity contribution is -0.127.